The molecule has 0 bridgehead atoms. The van der Waals surface area contributed by atoms with E-state index in [1.807, 2.05) is 0 Å². The van der Waals surface area contributed by atoms with Crippen molar-refractivity contribution >= 4 is 32.1 Å². The second-order valence-electron chi connectivity index (χ2n) is 3.47. The van der Waals surface area contributed by atoms with Gasteiger partial charge in [0, 0.05) is 12.3 Å². The van der Waals surface area contributed by atoms with Crippen LogP contribution in [0.3, 0.4) is 0 Å². The molecule has 0 saturated carbocycles. The van der Waals surface area contributed by atoms with E-state index in [9.17, 15) is 13.2 Å². The van der Waals surface area contributed by atoms with Crippen LogP contribution in [0.2, 0.25) is 0 Å². The molecule has 0 fully saturated rings. The summed E-state index contributed by atoms with van der Waals surface area (Å²) >= 11 is 1.13. The number of carboxylic acids is 1. The lowest BCUT2D eigenvalue weighted by Gasteiger charge is -2.12. The molecule has 16 heavy (non-hydrogen) atoms. The lowest BCUT2D eigenvalue weighted by Crippen LogP contribution is -2.25. The predicted octanol–water partition coefficient (Wildman–Crippen LogP) is 0.686. The van der Waals surface area contributed by atoms with Crippen LogP contribution in [0, 0.1) is 0 Å². The maximum atomic E-state index is 11.0. The molecule has 2 N–H and O–H groups in total. The number of nitrogens with one attached hydrogen (secondary N) is 1. The van der Waals surface area contributed by atoms with Gasteiger partial charge in [0.2, 0.25) is 0 Å². The van der Waals surface area contributed by atoms with Crippen molar-refractivity contribution in [3.05, 3.63) is 11.2 Å². The Morgan fingerprint density at radius 1 is 1.69 bits per heavy atom. The monoisotopic (exact) mass is 264 g/mol. The first-order chi connectivity index (χ1) is 7.29. The maximum absolute atomic E-state index is 11.0. The van der Waals surface area contributed by atoms with Crippen molar-refractivity contribution in [3.63, 3.8) is 0 Å². The molecule has 1 aromatic rings. The molecule has 0 aliphatic carbocycles. The third-order valence-electron chi connectivity index (χ3n) is 1.70. The van der Waals surface area contributed by atoms with Gasteiger partial charge in [-0.3, -0.25) is 0 Å². The molecule has 1 aromatic heterocycles. The fourth-order valence-electron chi connectivity index (χ4n) is 1.22. The molecule has 0 aliphatic rings. The van der Waals surface area contributed by atoms with E-state index in [0.717, 1.165) is 17.6 Å². The summed E-state index contributed by atoms with van der Waals surface area (Å²) in [5.41, 5.74) is 1.32. The number of carbonyl (C=O) groups is 1. The minimum absolute atomic E-state index is 0.0516. The Bertz CT molecular complexity index is 480. The molecule has 90 valence electrons. The van der Waals surface area contributed by atoms with Gasteiger partial charge in [0.15, 0.2) is 5.69 Å². The predicted molar refractivity (Wildman–Crippen MR) is 61.9 cm³/mol. The lowest BCUT2D eigenvalue weighted by atomic mass is 10.4. The number of hydrogen-bond acceptors (Lipinski definition) is 6. The van der Waals surface area contributed by atoms with Gasteiger partial charge in [-0.1, -0.05) is 0 Å². The van der Waals surface area contributed by atoms with Gasteiger partial charge in [-0.05, 0) is 6.92 Å². The van der Waals surface area contributed by atoms with Gasteiger partial charge in [0.1, 0.15) is 14.8 Å². The number of thiazole rings is 1. The average Bonchev–Trinajstić information content (AvgIpc) is 2.47. The Morgan fingerprint density at radius 2 is 2.31 bits per heavy atom. The molecule has 0 amide bonds. The van der Waals surface area contributed by atoms with E-state index >= 15 is 0 Å². The molecule has 6 nitrogen and oxygen atoms in total. The number of carboxylic acid groups (broad SMARTS) is 1. The second kappa shape index (κ2) is 4.79. The number of aromatic nitrogens is 1. The second-order valence-corrected chi connectivity index (χ2v) is 6.51. The third kappa shape index (κ3) is 3.78. The van der Waals surface area contributed by atoms with E-state index in [1.165, 1.54) is 5.51 Å². The molecule has 8 heteroatoms. The topological polar surface area (TPSA) is 96.4 Å². The lowest BCUT2D eigenvalue weighted by molar-refractivity contribution is 0.0692. The molecule has 1 rings (SSSR count). The highest BCUT2D eigenvalue weighted by Gasteiger charge is 2.17. The summed E-state index contributed by atoms with van der Waals surface area (Å²) in [6.45, 7) is 1.67. The molecule has 1 heterocycles. The van der Waals surface area contributed by atoms with Crippen LogP contribution < -0.4 is 5.32 Å². The molecule has 1 unspecified atom stereocenters. The molecule has 1 atom stereocenters. The number of rotatable bonds is 5. The molecule has 0 saturated heterocycles. The van der Waals surface area contributed by atoms with Gasteiger partial charge < -0.3 is 10.4 Å². The Kier molecular flexibility index (Phi) is 3.87. The van der Waals surface area contributed by atoms with E-state index in [1.54, 1.807) is 6.92 Å². The van der Waals surface area contributed by atoms with Gasteiger partial charge >= 0.3 is 5.97 Å². The summed E-state index contributed by atoms with van der Waals surface area (Å²) in [7, 11) is -3.09. The van der Waals surface area contributed by atoms with Crippen LogP contribution in [-0.2, 0) is 9.84 Å². The van der Waals surface area contributed by atoms with Crippen molar-refractivity contribution in [3.8, 4) is 0 Å². The van der Waals surface area contributed by atoms with E-state index in [4.69, 9.17) is 5.11 Å². The van der Waals surface area contributed by atoms with Crippen LogP contribution in [0.25, 0.3) is 0 Å². The highest BCUT2D eigenvalue weighted by molar-refractivity contribution is 7.90. The van der Waals surface area contributed by atoms with E-state index < -0.39 is 15.8 Å². The Hall–Kier alpha value is -1.15. The first-order valence-corrected chi connectivity index (χ1v) is 7.34. The van der Waals surface area contributed by atoms with E-state index in [0.29, 0.717) is 5.00 Å². The molecule has 0 aromatic carbocycles. The number of nitrogens with zero attached hydrogens (tertiary/aromatic N) is 1. The van der Waals surface area contributed by atoms with Crippen LogP contribution in [-0.4, -0.2) is 42.5 Å². The summed E-state index contributed by atoms with van der Waals surface area (Å²) < 4.78 is 22.0. The molecule has 0 spiro atoms. The van der Waals surface area contributed by atoms with Crippen LogP contribution in [0.1, 0.15) is 17.4 Å². The standard InChI is InChI=1S/C8H12N2O4S2/c1-5(3-16(2,13)14)10-7-6(8(11)12)9-4-15-7/h4-5,10H,3H2,1-2H3,(H,11,12). The SMILES string of the molecule is CC(CS(C)(=O)=O)Nc1scnc1C(=O)O. The number of aromatic carboxylic acids is 1. The minimum atomic E-state index is -3.09. The number of sulfone groups is 1. The average molecular weight is 264 g/mol. The quantitative estimate of drug-likeness (QED) is 0.812. The third-order valence-corrected chi connectivity index (χ3v) is 3.56. The van der Waals surface area contributed by atoms with E-state index in [2.05, 4.69) is 10.3 Å². The van der Waals surface area contributed by atoms with E-state index in [-0.39, 0.29) is 17.5 Å². The van der Waals surface area contributed by atoms with Crippen molar-refractivity contribution in [2.24, 2.45) is 0 Å². The molecular weight excluding hydrogens is 252 g/mol. The summed E-state index contributed by atoms with van der Waals surface area (Å²) in [6.07, 6.45) is 1.13. The summed E-state index contributed by atoms with van der Waals surface area (Å²) in [4.78, 5) is 14.4. The fraction of sp³-hybridized carbons (Fsp3) is 0.500. The van der Waals surface area contributed by atoms with Crippen LogP contribution in [0.5, 0.6) is 0 Å². The summed E-state index contributed by atoms with van der Waals surface area (Å²) in [5, 5.41) is 12.0. The van der Waals surface area contributed by atoms with Gasteiger partial charge in [-0.25, -0.2) is 18.2 Å². The van der Waals surface area contributed by atoms with Crippen LogP contribution in [0.4, 0.5) is 5.00 Å². The van der Waals surface area contributed by atoms with Gasteiger partial charge in [0.05, 0.1) is 11.3 Å². The molecule has 0 radical (unpaired) electrons. The Balaban J connectivity index is 2.73. The van der Waals surface area contributed by atoms with Gasteiger partial charge in [-0.2, -0.15) is 0 Å². The highest BCUT2D eigenvalue weighted by atomic mass is 32.2. The van der Waals surface area contributed by atoms with Crippen molar-refractivity contribution in [2.75, 3.05) is 17.3 Å². The zero-order chi connectivity index (χ0) is 12.3. The summed E-state index contributed by atoms with van der Waals surface area (Å²) in [6, 6.07) is -0.353. The number of hydrogen-bond donors (Lipinski definition) is 2. The molecule has 0 aliphatic heterocycles. The van der Waals surface area contributed by atoms with Crippen LogP contribution >= 0.6 is 11.3 Å². The number of anilines is 1. The highest BCUT2D eigenvalue weighted by Crippen LogP contribution is 2.21. The van der Waals surface area contributed by atoms with Gasteiger partial charge in [0.25, 0.3) is 0 Å². The first-order valence-electron chi connectivity index (χ1n) is 4.40. The fourth-order valence-corrected chi connectivity index (χ4v) is 3.00. The zero-order valence-electron chi connectivity index (χ0n) is 8.80. The van der Waals surface area contributed by atoms with Crippen molar-refractivity contribution in [1.29, 1.82) is 0 Å². The van der Waals surface area contributed by atoms with Crippen molar-refractivity contribution < 1.29 is 18.3 Å². The Labute approximate surface area is 97.2 Å². The van der Waals surface area contributed by atoms with Crippen molar-refractivity contribution in [1.82, 2.24) is 4.98 Å². The molecular formula is C8H12N2O4S2. The largest absolute Gasteiger partial charge is 0.476 e. The van der Waals surface area contributed by atoms with Crippen LogP contribution in [0.15, 0.2) is 5.51 Å². The normalized spacial score (nSPS) is 13.4. The van der Waals surface area contributed by atoms with Crippen molar-refractivity contribution in [2.45, 2.75) is 13.0 Å². The summed E-state index contributed by atoms with van der Waals surface area (Å²) in [5.74, 6) is -1.18. The minimum Gasteiger partial charge on any atom is -0.476 e. The first kappa shape index (κ1) is 12.9. The smallest absolute Gasteiger partial charge is 0.357 e. The van der Waals surface area contributed by atoms with Gasteiger partial charge in [-0.15, -0.1) is 11.3 Å². The Morgan fingerprint density at radius 3 is 2.81 bits per heavy atom. The zero-order valence-corrected chi connectivity index (χ0v) is 10.4. The maximum Gasteiger partial charge on any atom is 0.357 e.